The van der Waals surface area contributed by atoms with E-state index in [-0.39, 0.29) is 25.1 Å². The highest BCUT2D eigenvalue weighted by atomic mass is 19.1. The van der Waals surface area contributed by atoms with Crippen LogP contribution in [0.3, 0.4) is 0 Å². The van der Waals surface area contributed by atoms with E-state index in [1.807, 2.05) is 18.2 Å². The number of carbonyl (C=O) groups is 1. The Bertz CT molecular complexity index is 1180. The van der Waals surface area contributed by atoms with Crippen molar-refractivity contribution in [3.63, 3.8) is 0 Å². The molecule has 2 aliphatic carbocycles. The first-order valence-corrected chi connectivity index (χ1v) is 11.3. The fraction of sp³-hybridized carbons (Fsp3) is 0.360. The number of halogens is 2. The van der Waals surface area contributed by atoms with Gasteiger partial charge < -0.3 is 15.3 Å². The van der Waals surface area contributed by atoms with E-state index in [0.29, 0.717) is 36.6 Å². The molecule has 1 aromatic carbocycles. The number of hydrogen-bond acceptors (Lipinski definition) is 6. The number of rotatable bonds is 9. The molecule has 5 rings (SSSR count). The second kappa shape index (κ2) is 8.72. The number of benzene rings is 1. The standard InChI is InChI=1S/C25H25F2N5O2/c26-18-12-24(13-18,23-20(27)5-2-10-28-23)14-29-22-7-6-21(30-31-22)17-3-1-4-19(11-17)32(16-33)15-25(34)8-9-25/h1-7,10-11,16,18,34H,8-9,12-15H2,(H,29,31). The zero-order valence-electron chi connectivity index (χ0n) is 18.5. The molecule has 2 fully saturated rings. The molecular weight excluding hydrogens is 440 g/mol. The van der Waals surface area contributed by atoms with E-state index in [2.05, 4.69) is 20.5 Å². The number of hydrogen-bond donors (Lipinski definition) is 2. The highest BCUT2D eigenvalue weighted by Crippen LogP contribution is 2.45. The summed E-state index contributed by atoms with van der Waals surface area (Å²) >= 11 is 0. The molecule has 1 amide bonds. The summed E-state index contributed by atoms with van der Waals surface area (Å²) in [7, 11) is 0. The fourth-order valence-electron chi connectivity index (χ4n) is 4.48. The molecule has 0 unspecified atom stereocenters. The van der Waals surface area contributed by atoms with Crippen molar-refractivity contribution in [2.45, 2.75) is 42.9 Å². The van der Waals surface area contributed by atoms with Gasteiger partial charge in [-0.05, 0) is 62.1 Å². The van der Waals surface area contributed by atoms with Crippen LogP contribution in [0.15, 0.2) is 54.7 Å². The Labute approximate surface area is 195 Å². The van der Waals surface area contributed by atoms with Crippen molar-refractivity contribution in [2.24, 2.45) is 0 Å². The molecule has 0 bridgehead atoms. The molecule has 176 valence electrons. The average Bonchev–Trinajstić information content (AvgIpc) is 3.57. The highest BCUT2D eigenvalue weighted by Gasteiger charge is 2.48. The topological polar surface area (TPSA) is 91.2 Å². The molecule has 0 saturated heterocycles. The molecule has 2 N–H and O–H groups in total. The third kappa shape index (κ3) is 4.48. The highest BCUT2D eigenvalue weighted by molar-refractivity contribution is 5.78. The average molecular weight is 466 g/mol. The Morgan fingerprint density at radius 1 is 1.15 bits per heavy atom. The molecule has 34 heavy (non-hydrogen) atoms. The minimum atomic E-state index is -0.976. The second-order valence-electron chi connectivity index (χ2n) is 9.29. The van der Waals surface area contributed by atoms with Gasteiger partial charge in [-0.1, -0.05) is 12.1 Å². The number of pyridine rings is 1. The van der Waals surface area contributed by atoms with Crippen molar-refractivity contribution >= 4 is 17.9 Å². The molecule has 2 aliphatic rings. The molecule has 0 atom stereocenters. The largest absolute Gasteiger partial charge is 0.388 e. The zero-order chi connectivity index (χ0) is 23.8. The van der Waals surface area contributed by atoms with E-state index in [9.17, 15) is 18.7 Å². The Morgan fingerprint density at radius 2 is 1.97 bits per heavy atom. The number of aromatic nitrogens is 3. The number of carbonyl (C=O) groups excluding carboxylic acids is 1. The van der Waals surface area contributed by atoms with Crippen LogP contribution in [0.25, 0.3) is 11.3 Å². The lowest BCUT2D eigenvalue weighted by molar-refractivity contribution is -0.107. The normalized spacial score (nSPS) is 22.5. The van der Waals surface area contributed by atoms with Gasteiger partial charge >= 0.3 is 0 Å². The van der Waals surface area contributed by atoms with Crippen LogP contribution >= 0.6 is 0 Å². The maximum absolute atomic E-state index is 14.3. The first-order valence-electron chi connectivity index (χ1n) is 11.3. The van der Waals surface area contributed by atoms with Crippen LogP contribution in [0, 0.1) is 5.82 Å². The summed E-state index contributed by atoms with van der Waals surface area (Å²) in [5, 5.41) is 21.8. The summed E-state index contributed by atoms with van der Waals surface area (Å²) in [4.78, 5) is 17.2. The predicted molar refractivity (Wildman–Crippen MR) is 124 cm³/mol. The van der Waals surface area contributed by atoms with Crippen LogP contribution in [-0.4, -0.2) is 51.6 Å². The number of nitrogens with one attached hydrogen (secondary N) is 1. The van der Waals surface area contributed by atoms with Gasteiger partial charge in [0.1, 0.15) is 17.8 Å². The molecule has 3 aromatic rings. The Kier molecular flexibility index (Phi) is 5.73. The molecule has 0 spiro atoms. The minimum Gasteiger partial charge on any atom is -0.388 e. The molecule has 0 radical (unpaired) electrons. The number of anilines is 2. The van der Waals surface area contributed by atoms with Crippen LogP contribution in [0.1, 0.15) is 31.4 Å². The maximum atomic E-state index is 14.3. The Hall–Kier alpha value is -3.46. The summed E-state index contributed by atoms with van der Waals surface area (Å²) in [6.45, 7) is 0.551. The minimum absolute atomic E-state index is 0.203. The first-order chi connectivity index (χ1) is 16.4. The van der Waals surface area contributed by atoms with Crippen molar-refractivity contribution in [2.75, 3.05) is 23.3 Å². The molecule has 7 nitrogen and oxygen atoms in total. The quantitative estimate of drug-likeness (QED) is 0.469. The molecular formula is C25H25F2N5O2. The lowest BCUT2D eigenvalue weighted by Crippen LogP contribution is -2.49. The van der Waals surface area contributed by atoms with Gasteiger partial charge in [0, 0.05) is 29.4 Å². The van der Waals surface area contributed by atoms with Gasteiger partial charge in [0.2, 0.25) is 6.41 Å². The van der Waals surface area contributed by atoms with Gasteiger partial charge in [-0.25, -0.2) is 8.78 Å². The second-order valence-corrected chi connectivity index (χ2v) is 9.29. The maximum Gasteiger partial charge on any atom is 0.214 e. The predicted octanol–water partition coefficient (Wildman–Crippen LogP) is 3.65. The molecule has 9 heteroatoms. The summed E-state index contributed by atoms with van der Waals surface area (Å²) < 4.78 is 28.1. The van der Waals surface area contributed by atoms with Crippen LogP contribution in [0.5, 0.6) is 0 Å². The van der Waals surface area contributed by atoms with Crippen molar-refractivity contribution in [1.82, 2.24) is 15.2 Å². The lowest BCUT2D eigenvalue weighted by Gasteiger charge is -2.44. The monoisotopic (exact) mass is 465 g/mol. The fourth-order valence-corrected chi connectivity index (χ4v) is 4.48. The van der Waals surface area contributed by atoms with E-state index < -0.39 is 23.0 Å². The number of alkyl halides is 1. The molecule has 2 heterocycles. The SMILES string of the molecule is O=CN(CC1(O)CC1)c1cccc(-c2ccc(NCC3(c4ncccc4F)CC(F)C3)nn2)c1. The van der Waals surface area contributed by atoms with Crippen LogP contribution in [0.2, 0.25) is 0 Å². The van der Waals surface area contributed by atoms with E-state index >= 15 is 0 Å². The summed E-state index contributed by atoms with van der Waals surface area (Å²) in [6, 6.07) is 13.7. The van der Waals surface area contributed by atoms with Crippen molar-refractivity contribution in [1.29, 1.82) is 0 Å². The number of nitrogens with zero attached hydrogens (tertiary/aromatic N) is 4. The van der Waals surface area contributed by atoms with Crippen molar-refractivity contribution in [3.05, 3.63) is 66.2 Å². The molecule has 2 aromatic heterocycles. The van der Waals surface area contributed by atoms with Gasteiger partial charge in [-0.2, -0.15) is 0 Å². The van der Waals surface area contributed by atoms with Crippen LogP contribution < -0.4 is 10.2 Å². The summed E-state index contributed by atoms with van der Waals surface area (Å²) in [6.07, 6.45) is 3.05. The van der Waals surface area contributed by atoms with Crippen molar-refractivity contribution in [3.8, 4) is 11.3 Å². The smallest absolute Gasteiger partial charge is 0.214 e. The number of amides is 1. The van der Waals surface area contributed by atoms with E-state index in [1.165, 1.54) is 23.2 Å². The van der Waals surface area contributed by atoms with Gasteiger partial charge in [0.15, 0.2) is 0 Å². The van der Waals surface area contributed by atoms with Crippen LogP contribution in [0.4, 0.5) is 20.3 Å². The third-order valence-corrected chi connectivity index (χ3v) is 6.65. The van der Waals surface area contributed by atoms with Gasteiger partial charge in [-0.15, -0.1) is 10.2 Å². The van der Waals surface area contributed by atoms with Gasteiger partial charge in [-0.3, -0.25) is 9.78 Å². The first kappa shape index (κ1) is 22.3. The Balaban J connectivity index is 1.29. The zero-order valence-corrected chi connectivity index (χ0v) is 18.5. The van der Waals surface area contributed by atoms with Crippen molar-refractivity contribution < 1.29 is 18.7 Å². The van der Waals surface area contributed by atoms with E-state index in [0.717, 1.165) is 12.0 Å². The van der Waals surface area contributed by atoms with Crippen LogP contribution in [-0.2, 0) is 10.2 Å². The van der Waals surface area contributed by atoms with E-state index in [4.69, 9.17) is 0 Å². The third-order valence-electron chi connectivity index (χ3n) is 6.65. The number of aliphatic hydroxyl groups is 1. The van der Waals surface area contributed by atoms with Gasteiger partial charge in [0.05, 0.1) is 23.5 Å². The molecule has 0 aliphatic heterocycles. The lowest BCUT2D eigenvalue weighted by atomic mass is 9.65. The molecule has 2 saturated carbocycles. The van der Waals surface area contributed by atoms with E-state index in [1.54, 1.807) is 18.2 Å². The summed E-state index contributed by atoms with van der Waals surface area (Å²) in [5.74, 6) is 0.0547. The summed E-state index contributed by atoms with van der Waals surface area (Å²) in [5.41, 5.74) is 0.819. The Morgan fingerprint density at radius 3 is 2.62 bits per heavy atom. The van der Waals surface area contributed by atoms with Gasteiger partial charge in [0.25, 0.3) is 0 Å².